The maximum absolute atomic E-state index is 8.98. The first-order valence-electron chi connectivity index (χ1n) is 4.91. The van der Waals surface area contributed by atoms with Crippen molar-refractivity contribution in [3.8, 4) is 0 Å². The van der Waals surface area contributed by atoms with Crippen molar-refractivity contribution in [1.29, 1.82) is 0 Å². The Labute approximate surface area is 99.0 Å². The van der Waals surface area contributed by atoms with Crippen molar-refractivity contribution in [2.45, 2.75) is 6.92 Å². The summed E-state index contributed by atoms with van der Waals surface area (Å²) < 4.78 is 0.979. The molecule has 0 spiro atoms. The van der Waals surface area contributed by atoms with Crippen LogP contribution in [0, 0.1) is 5.92 Å². The van der Waals surface area contributed by atoms with E-state index in [1.54, 1.807) is 0 Å². The Hall–Kier alpha value is -0.740. The second-order valence-corrected chi connectivity index (χ2v) is 4.79. The zero-order chi connectivity index (χ0) is 11.4. The first kappa shape index (κ1) is 12.3. The van der Waals surface area contributed by atoms with E-state index in [0.717, 1.165) is 22.4 Å². The molecular formula is C11H17BrN2O. The van der Waals surface area contributed by atoms with Crippen LogP contribution in [0.3, 0.4) is 0 Å². The third-order valence-corrected chi connectivity index (χ3v) is 2.79. The van der Waals surface area contributed by atoms with E-state index in [2.05, 4.69) is 20.8 Å². The Morgan fingerprint density at radius 1 is 1.53 bits per heavy atom. The van der Waals surface area contributed by atoms with Crippen LogP contribution in [0.15, 0.2) is 22.7 Å². The summed E-state index contributed by atoms with van der Waals surface area (Å²) in [6.07, 6.45) is 0. The molecule has 0 aromatic heterocycles. The van der Waals surface area contributed by atoms with Gasteiger partial charge in [0.15, 0.2) is 0 Å². The van der Waals surface area contributed by atoms with Crippen LogP contribution in [-0.2, 0) is 0 Å². The molecule has 3 nitrogen and oxygen atoms in total. The summed E-state index contributed by atoms with van der Waals surface area (Å²) >= 11 is 3.37. The molecule has 3 N–H and O–H groups in total. The molecule has 1 aromatic carbocycles. The Morgan fingerprint density at radius 3 is 2.73 bits per heavy atom. The van der Waals surface area contributed by atoms with E-state index in [9.17, 15) is 0 Å². The number of aliphatic hydroxyl groups is 1. The van der Waals surface area contributed by atoms with Gasteiger partial charge in [-0.3, -0.25) is 0 Å². The van der Waals surface area contributed by atoms with Gasteiger partial charge < -0.3 is 15.7 Å². The molecule has 84 valence electrons. The third kappa shape index (κ3) is 3.39. The molecule has 0 saturated heterocycles. The van der Waals surface area contributed by atoms with Crippen molar-refractivity contribution in [3.05, 3.63) is 22.7 Å². The lowest BCUT2D eigenvalue weighted by molar-refractivity contribution is 0.240. The molecule has 0 aliphatic heterocycles. The number of rotatable bonds is 4. The summed E-state index contributed by atoms with van der Waals surface area (Å²) in [5.74, 6) is 0.248. The summed E-state index contributed by atoms with van der Waals surface area (Å²) in [6.45, 7) is 2.99. The summed E-state index contributed by atoms with van der Waals surface area (Å²) in [7, 11) is 1.98. The summed E-state index contributed by atoms with van der Waals surface area (Å²) in [6, 6.07) is 5.82. The molecule has 0 bridgehead atoms. The molecule has 1 atom stereocenters. The molecule has 0 saturated carbocycles. The van der Waals surface area contributed by atoms with Gasteiger partial charge in [-0.15, -0.1) is 0 Å². The van der Waals surface area contributed by atoms with Crippen molar-refractivity contribution in [2.24, 2.45) is 5.92 Å². The Balaban J connectivity index is 2.77. The van der Waals surface area contributed by atoms with E-state index < -0.39 is 0 Å². The van der Waals surface area contributed by atoms with Gasteiger partial charge in [0.1, 0.15) is 0 Å². The molecule has 0 amide bonds. The molecule has 1 aromatic rings. The van der Waals surface area contributed by atoms with Crippen molar-refractivity contribution >= 4 is 27.3 Å². The Morgan fingerprint density at radius 2 is 2.20 bits per heavy atom. The maximum atomic E-state index is 8.98. The minimum absolute atomic E-state index is 0.195. The molecule has 1 rings (SSSR count). The van der Waals surface area contributed by atoms with Crippen LogP contribution in [-0.4, -0.2) is 25.3 Å². The smallest absolute Gasteiger partial charge is 0.0598 e. The van der Waals surface area contributed by atoms with E-state index in [1.165, 1.54) is 0 Å². The molecule has 1 unspecified atom stereocenters. The number of hydrogen-bond acceptors (Lipinski definition) is 3. The van der Waals surface area contributed by atoms with Gasteiger partial charge >= 0.3 is 0 Å². The number of benzene rings is 1. The fourth-order valence-electron chi connectivity index (χ4n) is 1.50. The predicted octanol–water partition coefficient (Wildman–Crippen LogP) is 2.10. The van der Waals surface area contributed by atoms with Crippen LogP contribution >= 0.6 is 15.9 Å². The van der Waals surface area contributed by atoms with Crippen molar-refractivity contribution in [3.63, 3.8) is 0 Å². The van der Waals surface area contributed by atoms with Crippen molar-refractivity contribution < 1.29 is 5.11 Å². The van der Waals surface area contributed by atoms with Gasteiger partial charge in [-0.1, -0.05) is 22.9 Å². The van der Waals surface area contributed by atoms with E-state index >= 15 is 0 Å². The topological polar surface area (TPSA) is 49.5 Å². The lowest BCUT2D eigenvalue weighted by Crippen LogP contribution is -2.26. The lowest BCUT2D eigenvalue weighted by atomic mass is 10.1. The second kappa shape index (κ2) is 5.37. The van der Waals surface area contributed by atoms with Crippen molar-refractivity contribution in [1.82, 2.24) is 0 Å². The number of halogens is 1. The largest absolute Gasteiger partial charge is 0.397 e. The van der Waals surface area contributed by atoms with Gasteiger partial charge in [-0.25, -0.2) is 0 Å². The van der Waals surface area contributed by atoms with Crippen LogP contribution in [0.1, 0.15) is 6.92 Å². The van der Waals surface area contributed by atoms with Gasteiger partial charge in [0.05, 0.1) is 11.4 Å². The normalized spacial score (nSPS) is 12.5. The lowest BCUT2D eigenvalue weighted by Gasteiger charge is -2.23. The SMILES string of the molecule is CC(CO)CN(C)c1ccc(Br)cc1N. The number of anilines is 2. The van der Waals surface area contributed by atoms with Crippen LogP contribution in [0.25, 0.3) is 0 Å². The average Bonchev–Trinajstić information content (AvgIpc) is 2.17. The van der Waals surface area contributed by atoms with Crippen LogP contribution in [0.2, 0.25) is 0 Å². The number of aliphatic hydroxyl groups excluding tert-OH is 1. The summed E-state index contributed by atoms with van der Waals surface area (Å²) in [5.41, 5.74) is 7.65. The number of nitrogen functional groups attached to an aromatic ring is 1. The quantitative estimate of drug-likeness (QED) is 0.826. The van der Waals surface area contributed by atoms with Crippen LogP contribution < -0.4 is 10.6 Å². The van der Waals surface area contributed by atoms with E-state index in [0.29, 0.717) is 0 Å². The molecule has 4 heteroatoms. The second-order valence-electron chi connectivity index (χ2n) is 3.87. The zero-order valence-electron chi connectivity index (χ0n) is 9.07. The van der Waals surface area contributed by atoms with Gasteiger partial charge in [-0.2, -0.15) is 0 Å². The molecular weight excluding hydrogens is 256 g/mol. The summed E-state index contributed by atoms with van der Waals surface area (Å²) in [4.78, 5) is 2.06. The van der Waals surface area contributed by atoms with E-state index in [1.807, 2.05) is 32.2 Å². The maximum Gasteiger partial charge on any atom is 0.0598 e. The van der Waals surface area contributed by atoms with Gasteiger partial charge in [0.2, 0.25) is 0 Å². The van der Waals surface area contributed by atoms with E-state index in [4.69, 9.17) is 10.8 Å². The number of nitrogens with zero attached hydrogens (tertiary/aromatic N) is 1. The van der Waals surface area contributed by atoms with E-state index in [-0.39, 0.29) is 12.5 Å². The van der Waals surface area contributed by atoms with Gasteiger partial charge in [0.25, 0.3) is 0 Å². The highest BCUT2D eigenvalue weighted by atomic mass is 79.9. The van der Waals surface area contributed by atoms with Gasteiger partial charge in [-0.05, 0) is 24.1 Å². The first-order chi connectivity index (χ1) is 7.04. The molecule has 15 heavy (non-hydrogen) atoms. The minimum Gasteiger partial charge on any atom is -0.397 e. The zero-order valence-corrected chi connectivity index (χ0v) is 10.7. The molecule has 0 radical (unpaired) electrons. The fourth-order valence-corrected chi connectivity index (χ4v) is 1.88. The minimum atomic E-state index is 0.195. The van der Waals surface area contributed by atoms with Crippen LogP contribution in [0.4, 0.5) is 11.4 Å². The Bertz CT molecular complexity index is 330. The van der Waals surface area contributed by atoms with Gasteiger partial charge in [0, 0.05) is 24.7 Å². The summed E-state index contributed by atoms with van der Waals surface area (Å²) in [5, 5.41) is 8.98. The van der Waals surface area contributed by atoms with Crippen LogP contribution in [0.5, 0.6) is 0 Å². The highest BCUT2D eigenvalue weighted by Gasteiger charge is 2.08. The number of nitrogens with two attached hydrogens (primary N) is 1. The molecule has 0 heterocycles. The van der Waals surface area contributed by atoms with Crippen molar-refractivity contribution in [2.75, 3.05) is 30.8 Å². The monoisotopic (exact) mass is 272 g/mol. The standard InChI is InChI=1S/C11H17BrN2O/c1-8(7-15)6-14(2)11-4-3-9(12)5-10(11)13/h3-5,8,15H,6-7,13H2,1-2H3. The first-order valence-corrected chi connectivity index (χ1v) is 5.71. The predicted molar refractivity (Wildman–Crippen MR) is 68.1 cm³/mol. The molecule has 0 fully saturated rings. The Kier molecular flexibility index (Phi) is 4.42. The number of hydrogen-bond donors (Lipinski definition) is 2. The third-order valence-electron chi connectivity index (χ3n) is 2.30. The fraction of sp³-hybridized carbons (Fsp3) is 0.455. The highest BCUT2D eigenvalue weighted by Crippen LogP contribution is 2.26. The molecule has 0 aliphatic rings. The molecule has 0 aliphatic carbocycles. The average molecular weight is 273 g/mol. The highest BCUT2D eigenvalue weighted by molar-refractivity contribution is 9.10.